The van der Waals surface area contributed by atoms with Crippen LogP contribution >= 0.6 is 11.6 Å². The first-order chi connectivity index (χ1) is 15.4. The lowest BCUT2D eigenvalue weighted by molar-refractivity contribution is 0.201. The van der Waals surface area contributed by atoms with E-state index in [2.05, 4.69) is 19.2 Å². The van der Waals surface area contributed by atoms with E-state index in [-0.39, 0.29) is 6.03 Å². The monoisotopic (exact) mass is 452 g/mol. The number of urea groups is 1. The first-order valence-corrected chi connectivity index (χ1v) is 11.0. The van der Waals surface area contributed by atoms with Crippen LogP contribution < -0.4 is 14.8 Å². The van der Waals surface area contributed by atoms with Gasteiger partial charge in [0.25, 0.3) is 0 Å². The summed E-state index contributed by atoms with van der Waals surface area (Å²) in [5.74, 6) is 1.62. The Hall–Kier alpha value is -3.18. The van der Waals surface area contributed by atoms with Crippen molar-refractivity contribution in [3.63, 3.8) is 0 Å². The van der Waals surface area contributed by atoms with E-state index in [1.165, 1.54) is 0 Å². The summed E-state index contributed by atoms with van der Waals surface area (Å²) < 4.78 is 11.5. The Kier molecular flexibility index (Phi) is 8.40. The highest BCUT2D eigenvalue weighted by Gasteiger charge is 2.17. The normalized spacial score (nSPS) is 10.7. The molecule has 0 fully saturated rings. The SMILES string of the molecule is COc1cc(CN(CC(C)C)C(=O)Nc2cccc(Cl)c2)ccc1OCc1ccccc1. The molecule has 0 aromatic heterocycles. The quantitative estimate of drug-likeness (QED) is 0.397. The lowest BCUT2D eigenvalue weighted by Crippen LogP contribution is -2.37. The number of amides is 2. The molecule has 0 heterocycles. The topological polar surface area (TPSA) is 50.8 Å². The van der Waals surface area contributed by atoms with E-state index in [9.17, 15) is 4.79 Å². The number of hydrogen-bond acceptors (Lipinski definition) is 3. The van der Waals surface area contributed by atoms with E-state index in [0.29, 0.717) is 47.8 Å². The minimum Gasteiger partial charge on any atom is -0.493 e. The van der Waals surface area contributed by atoms with Crippen LogP contribution in [-0.2, 0) is 13.2 Å². The van der Waals surface area contributed by atoms with Crippen LogP contribution in [0.3, 0.4) is 0 Å². The van der Waals surface area contributed by atoms with Crippen molar-refractivity contribution < 1.29 is 14.3 Å². The first-order valence-electron chi connectivity index (χ1n) is 10.6. The van der Waals surface area contributed by atoms with E-state index in [0.717, 1.165) is 11.1 Å². The molecule has 168 valence electrons. The maximum Gasteiger partial charge on any atom is 0.322 e. The summed E-state index contributed by atoms with van der Waals surface area (Å²) in [5.41, 5.74) is 2.70. The van der Waals surface area contributed by atoms with E-state index in [1.807, 2.05) is 60.7 Å². The van der Waals surface area contributed by atoms with Gasteiger partial charge in [0.05, 0.1) is 7.11 Å². The molecule has 0 bridgehead atoms. The van der Waals surface area contributed by atoms with E-state index < -0.39 is 0 Å². The molecule has 0 aliphatic rings. The molecule has 0 aliphatic carbocycles. The average Bonchev–Trinajstić information content (AvgIpc) is 2.78. The van der Waals surface area contributed by atoms with Crippen molar-refractivity contribution in [2.75, 3.05) is 19.0 Å². The van der Waals surface area contributed by atoms with Crippen molar-refractivity contribution in [3.05, 3.63) is 88.9 Å². The molecule has 3 rings (SSSR count). The highest BCUT2D eigenvalue weighted by molar-refractivity contribution is 6.30. The standard InChI is InChI=1S/C26H29ClN2O3/c1-19(2)16-29(26(30)28-23-11-7-10-22(27)15-23)17-21-12-13-24(25(14-21)31-3)32-18-20-8-5-4-6-9-20/h4-15,19H,16-18H2,1-3H3,(H,28,30). The third-order valence-electron chi connectivity index (χ3n) is 4.79. The van der Waals surface area contributed by atoms with Crippen LogP contribution in [0, 0.1) is 5.92 Å². The maximum absolute atomic E-state index is 13.0. The van der Waals surface area contributed by atoms with Gasteiger partial charge >= 0.3 is 6.03 Å². The second-order valence-corrected chi connectivity index (χ2v) is 8.41. The Morgan fingerprint density at radius 1 is 0.969 bits per heavy atom. The van der Waals surface area contributed by atoms with E-state index in [1.54, 1.807) is 24.1 Å². The number of nitrogens with zero attached hydrogens (tertiary/aromatic N) is 1. The molecular weight excluding hydrogens is 424 g/mol. The third-order valence-corrected chi connectivity index (χ3v) is 5.02. The Morgan fingerprint density at radius 2 is 1.75 bits per heavy atom. The van der Waals surface area contributed by atoms with Crippen molar-refractivity contribution in [2.45, 2.75) is 27.0 Å². The van der Waals surface area contributed by atoms with Crippen molar-refractivity contribution in [3.8, 4) is 11.5 Å². The number of halogens is 1. The minimum atomic E-state index is -0.177. The molecule has 0 spiro atoms. The molecule has 5 nitrogen and oxygen atoms in total. The molecule has 0 atom stereocenters. The molecule has 0 unspecified atom stereocenters. The van der Waals surface area contributed by atoms with Gasteiger partial charge in [-0.3, -0.25) is 0 Å². The molecule has 0 saturated carbocycles. The van der Waals surface area contributed by atoms with Crippen LogP contribution in [0.2, 0.25) is 5.02 Å². The van der Waals surface area contributed by atoms with Crippen LogP contribution in [0.15, 0.2) is 72.8 Å². The molecule has 32 heavy (non-hydrogen) atoms. The Morgan fingerprint density at radius 3 is 2.44 bits per heavy atom. The zero-order chi connectivity index (χ0) is 22.9. The van der Waals surface area contributed by atoms with Crippen LogP contribution in [0.4, 0.5) is 10.5 Å². The zero-order valence-corrected chi connectivity index (χ0v) is 19.4. The van der Waals surface area contributed by atoms with Gasteiger partial charge in [0.1, 0.15) is 6.61 Å². The van der Waals surface area contributed by atoms with Gasteiger partial charge in [0.2, 0.25) is 0 Å². The van der Waals surface area contributed by atoms with Gasteiger partial charge < -0.3 is 19.7 Å². The van der Waals surface area contributed by atoms with Crippen molar-refractivity contribution in [2.24, 2.45) is 5.92 Å². The fraction of sp³-hybridized carbons (Fsp3) is 0.269. The highest BCUT2D eigenvalue weighted by atomic mass is 35.5. The molecule has 3 aromatic rings. The molecule has 6 heteroatoms. The number of hydrogen-bond donors (Lipinski definition) is 1. The van der Waals surface area contributed by atoms with Gasteiger partial charge in [-0.05, 0) is 47.4 Å². The largest absolute Gasteiger partial charge is 0.493 e. The van der Waals surface area contributed by atoms with Gasteiger partial charge in [0, 0.05) is 23.8 Å². The second-order valence-electron chi connectivity index (χ2n) is 7.97. The van der Waals surface area contributed by atoms with Crippen LogP contribution in [0.1, 0.15) is 25.0 Å². The van der Waals surface area contributed by atoms with Crippen molar-refractivity contribution in [1.82, 2.24) is 4.90 Å². The minimum absolute atomic E-state index is 0.177. The molecule has 0 saturated heterocycles. The Labute approximate surface area is 194 Å². The van der Waals surface area contributed by atoms with Crippen molar-refractivity contribution >= 4 is 23.3 Å². The van der Waals surface area contributed by atoms with Gasteiger partial charge in [-0.15, -0.1) is 0 Å². The fourth-order valence-corrected chi connectivity index (χ4v) is 3.50. The second kappa shape index (κ2) is 11.4. The highest BCUT2D eigenvalue weighted by Crippen LogP contribution is 2.29. The summed E-state index contributed by atoms with van der Waals surface area (Å²) in [6.45, 7) is 5.68. The lowest BCUT2D eigenvalue weighted by atomic mass is 10.1. The molecule has 3 aromatic carbocycles. The predicted molar refractivity (Wildman–Crippen MR) is 129 cm³/mol. The summed E-state index contributed by atoms with van der Waals surface area (Å²) in [6, 6.07) is 22.7. The van der Waals surface area contributed by atoms with Crippen LogP contribution in [-0.4, -0.2) is 24.6 Å². The smallest absolute Gasteiger partial charge is 0.322 e. The summed E-state index contributed by atoms with van der Waals surface area (Å²) in [6.07, 6.45) is 0. The van der Waals surface area contributed by atoms with E-state index in [4.69, 9.17) is 21.1 Å². The molecule has 2 amide bonds. The van der Waals surface area contributed by atoms with Crippen molar-refractivity contribution in [1.29, 1.82) is 0 Å². The third kappa shape index (κ3) is 6.92. The first kappa shape index (κ1) is 23.5. The Bertz CT molecular complexity index is 1020. The molecule has 0 aliphatic heterocycles. The number of carbonyl (C=O) groups excluding carboxylic acids is 1. The lowest BCUT2D eigenvalue weighted by Gasteiger charge is -2.25. The van der Waals surface area contributed by atoms with Gasteiger partial charge in [-0.2, -0.15) is 0 Å². The van der Waals surface area contributed by atoms with E-state index >= 15 is 0 Å². The number of carbonyl (C=O) groups is 1. The van der Waals surface area contributed by atoms with Crippen LogP contribution in [0.25, 0.3) is 0 Å². The number of anilines is 1. The Balaban J connectivity index is 1.71. The summed E-state index contributed by atoms with van der Waals surface area (Å²) in [5, 5.41) is 3.51. The molecule has 0 radical (unpaired) electrons. The van der Waals surface area contributed by atoms with Gasteiger partial charge in [-0.1, -0.05) is 67.9 Å². The number of methoxy groups -OCH3 is 1. The average molecular weight is 453 g/mol. The number of benzene rings is 3. The van der Waals surface area contributed by atoms with Gasteiger partial charge in [-0.25, -0.2) is 4.79 Å². The summed E-state index contributed by atoms with van der Waals surface area (Å²) in [4.78, 5) is 14.7. The summed E-state index contributed by atoms with van der Waals surface area (Å²) >= 11 is 6.04. The predicted octanol–water partition coefficient (Wildman–Crippen LogP) is 6.62. The number of ether oxygens (including phenoxy) is 2. The summed E-state index contributed by atoms with van der Waals surface area (Å²) in [7, 11) is 1.62. The zero-order valence-electron chi connectivity index (χ0n) is 18.7. The molecular formula is C26H29ClN2O3. The molecule has 1 N–H and O–H groups in total. The number of nitrogens with one attached hydrogen (secondary N) is 1. The fourth-order valence-electron chi connectivity index (χ4n) is 3.31. The van der Waals surface area contributed by atoms with Crippen LogP contribution in [0.5, 0.6) is 11.5 Å². The maximum atomic E-state index is 13.0. The van der Waals surface area contributed by atoms with Gasteiger partial charge in [0.15, 0.2) is 11.5 Å². The number of rotatable bonds is 9.